The van der Waals surface area contributed by atoms with Crippen LogP contribution in [0.25, 0.3) is 0 Å². The lowest BCUT2D eigenvalue weighted by Crippen LogP contribution is -2.30. The van der Waals surface area contributed by atoms with E-state index in [4.69, 9.17) is 18.9 Å². The molecule has 1 fully saturated rings. The average molecular weight is 349 g/mol. The molecule has 0 spiro atoms. The van der Waals surface area contributed by atoms with Crippen molar-refractivity contribution in [2.45, 2.75) is 19.4 Å². The van der Waals surface area contributed by atoms with Crippen LogP contribution in [0.1, 0.15) is 25.0 Å². The number of carbonyl (C=O) groups is 2. The molecule has 2 atom stereocenters. The zero-order valence-electron chi connectivity index (χ0n) is 14.5. The van der Waals surface area contributed by atoms with Crippen LogP contribution in [0.2, 0.25) is 0 Å². The summed E-state index contributed by atoms with van der Waals surface area (Å²) in [7, 11) is 1.58. The van der Waals surface area contributed by atoms with Crippen LogP contribution in [-0.2, 0) is 19.1 Å². The Morgan fingerprint density at radius 1 is 1.32 bits per heavy atom. The van der Waals surface area contributed by atoms with E-state index in [1.54, 1.807) is 12.0 Å². The highest BCUT2D eigenvalue weighted by Crippen LogP contribution is 2.34. The third kappa shape index (κ3) is 4.04. The fraction of sp³-hybridized carbons (Fsp3) is 0.556. The minimum atomic E-state index is -0.427. The number of nitrogens with zero attached hydrogens (tertiary/aromatic N) is 1. The monoisotopic (exact) mass is 349 g/mol. The average Bonchev–Trinajstić information content (AvgIpc) is 3.00. The standard InChI is InChI=1S/C18H23NO6/c1-12(13-3-4-15-16(9-13)24-8-7-23-15)25-18(21)14-10-17(20)19(11-14)5-6-22-2/h3-4,9,12,14H,5-8,10-11H2,1-2H3. The fourth-order valence-corrected chi connectivity index (χ4v) is 3.00. The number of rotatable bonds is 6. The predicted molar refractivity (Wildman–Crippen MR) is 88.5 cm³/mol. The van der Waals surface area contributed by atoms with Crippen LogP contribution >= 0.6 is 0 Å². The van der Waals surface area contributed by atoms with Gasteiger partial charge >= 0.3 is 5.97 Å². The lowest BCUT2D eigenvalue weighted by molar-refractivity contribution is -0.153. The Bertz CT molecular complexity index is 646. The van der Waals surface area contributed by atoms with Crippen molar-refractivity contribution in [3.05, 3.63) is 23.8 Å². The Kier molecular flexibility index (Phi) is 5.43. The quantitative estimate of drug-likeness (QED) is 0.726. The van der Waals surface area contributed by atoms with E-state index >= 15 is 0 Å². The van der Waals surface area contributed by atoms with Crippen molar-refractivity contribution in [3.8, 4) is 11.5 Å². The molecule has 0 bridgehead atoms. The first kappa shape index (κ1) is 17.5. The van der Waals surface area contributed by atoms with Crippen molar-refractivity contribution in [3.63, 3.8) is 0 Å². The molecule has 0 saturated carbocycles. The Labute approximate surface area is 146 Å². The number of amides is 1. The van der Waals surface area contributed by atoms with Gasteiger partial charge in [0.15, 0.2) is 11.5 Å². The highest BCUT2D eigenvalue weighted by Gasteiger charge is 2.35. The molecular formula is C18H23NO6. The molecular weight excluding hydrogens is 326 g/mol. The maximum atomic E-state index is 12.4. The van der Waals surface area contributed by atoms with E-state index in [1.165, 1.54) is 0 Å². The van der Waals surface area contributed by atoms with E-state index in [0.29, 0.717) is 44.4 Å². The summed E-state index contributed by atoms with van der Waals surface area (Å²) in [6.07, 6.45) is -0.234. The van der Waals surface area contributed by atoms with Crippen LogP contribution in [0.4, 0.5) is 0 Å². The molecule has 2 aliphatic rings. The van der Waals surface area contributed by atoms with Gasteiger partial charge in [-0.25, -0.2) is 0 Å². The SMILES string of the molecule is COCCN1CC(C(=O)OC(C)c2ccc3c(c2)OCCO3)CC1=O. The number of benzene rings is 1. The van der Waals surface area contributed by atoms with Crippen molar-refractivity contribution in [2.24, 2.45) is 5.92 Å². The molecule has 2 heterocycles. The summed E-state index contributed by atoms with van der Waals surface area (Å²) < 4.78 is 21.6. The molecule has 2 unspecified atom stereocenters. The normalized spacial score (nSPS) is 20.5. The third-order valence-electron chi connectivity index (χ3n) is 4.44. The van der Waals surface area contributed by atoms with Crippen LogP contribution in [-0.4, -0.2) is 56.8 Å². The summed E-state index contributed by atoms with van der Waals surface area (Å²) in [6, 6.07) is 5.51. The van der Waals surface area contributed by atoms with Gasteiger partial charge in [-0.1, -0.05) is 6.07 Å². The van der Waals surface area contributed by atoms with Crippen molar-refractivity contribution in [1.29, 1.82) is 0 Å². The maximum Gasteiger partial charge on any atom is 0.311 e. The summed E-state index contributed by atoms with van der Waals surface area (Å²) in [4.78, 5) is 26.0. The first-order chi connectivity index (χ1) is 12.1. The summed E-state index contributed by atoms with van der Waals surface area (Å²) in [5, 5.41) is 0. The molecule has 7 heteroatoms. The van der Waals surface area contributed by atoms with Gasteiger partial charge in [-0.05, 0) is 24.6 Å². The minimum absolute atomic E-state index is 0.0361. The van der Waals surface area contributed by atoms with Gasteiger partial charge in [0.05, 0.1) is 12.5 Å². The lowest BCUT2D eigenvalue weighted by atomic mass is 10.1. The van der Waals surface area contributed by atoms with Gasteiger partial charge in [-0.15, -0.1) is 0 Å². The van der Waals surface area contributed by atoms with E-state index in [-0.39, 0.29) is 18.3 Å². The zero-order valence-corrected chi connectivity index (χ0v) is 14.5. The molecule has 0 N–H and O–H groups in total. The van der Waals surface area contributed by atoms with Gasteiger partial charge in [0, 0.05) is 26.6 Å². The summed E-state index contributed by atoms with van der Waals surface area (Å²) in [5.41, 5.74) is 0.832. The highest BCUT2D eigenvalue weighted by molar-refractivity contribution is 5.86. The van der Waals surface area contributed by atoms with Crippen LogP contribution < -0.4 is 9.47 Å². The molecule has 0 aromatic heterocycles. The predicted octanol–water partition coefficient (Wildman–Crippen LogP) is 1.56. The molecule has 3 rings (SSSR count). The van der Waals surface area contributed by atoms with Crippen molar-refractivity contribution < 1.29 is 28.5 Å². The minimum Gasteiger partial charge on any atom is -0.486 e. The van der Waals surface area contributed by atoms with Crippen LogP contribution in [0.3, 0.4) is 0 Å². The molecule has 1 aromatic carbocycles. The van der Waals surface area contributed by atoms with Crippen molar-refractivity contribution in [2.75, 3.05) is 40.0 Å². The number of hydrogen-bond donors (Lipinski definition) is 0. The van der Waals surface area contributed by atoms with E-state index in [0.717, 1.165) is 5.56 Å². The second-order valence-corrected chi connectivity index (χ2v) is 6.22. The summed E-state index contributed by atoms with van der Waals surface area (Å²) in [6.45, 7) is 4.19. The van der Waals surface area contributed by atoms with Crippen LogP contribution in [0, 0.1) is 5.92 Å². The molecule has 2 aliphatic heterocycles. The number of hydrogen-bond acceptors (Lipinski definition) is 6. The summed E-state index contributed by atoms with van der Waals surface area (Å²) >= 11 is 0. The maximum absolute atomic E-state index is 12.4. The summed E-state index contributed by atoms with van der Waals surface area (Å²) in [5.74, 6) is 0.544. The van der Waals surface area contributed by atoms with Crippen molar-refractivity contribution >= 4 is 11.9 Å². The number of carbonyl (C=O) groups excluding carboxylic acids is 2. The molecule has 1 amide bonds. The van der Waals surface area contributed by atoms with Crippen LogP contribution in [0.5, 0.6) is 11.5 Å². The molecule has 0 aliphatic carbocycles. The molecule has 1 aromatic rings. The Hall–Kier alpha value is -2.28. The van der Waals surface area contributed by atoms with Crippen LogP contribution in [0.15, 0.2) is 18.2 Å². The van der Waals surface area contributed by atoms with Gasteiger partial charge in [0.1, 0.15) is 19.3 Å². The molecule has 1 saturated heterocycles. The van der Waals surface area contributed by atoms with Gasteiger partial charge in [-0.2, -0.15) is 0 Å². The molecule has 0 radical (unpaired) electrons. The van der Waals surface area contributed by atoms with Gasteiger partial charge in [0.25, 0.3) is 0 Å². The number of fused-ring (bicyclic) bond motifs is 1. The molecule has 7 nitrogen and oxygen atoms in total. The Morgan fingerprint density at radius 3 is 2.84 bits per heavy atom. The Morgan fingerprint density at radius 2 is 2.08 bits per heavy atom. The number of esters is 1. The van der Waals surface area contributed by atoms with Gasteiger partial charge < -0.3 is 23.8 Å². The van der Waals surface area contributed by atoms with Gasteiger partial charge in [0.2, 0.25) is 5.91 Å². The Balaban J connectivity index is 1.58. The first-order valence-corrected chi connectivity index (χ1v) is 8.45. The van der Waals surface area contributed by atoms with E-state index in [2.05, 4.69) is 0 Å². The lowest BCUT2D eigenvalue weighted by Gasteiger charge is -2.21. The first-order valence-electron chi connectivity index (χ1n) is 8.45. The van der Waals surface area contributed by atoms with E-state index < -0.39 is 12.0 Å². The number of ether oxygens (including phenoxy) is 4. The van der Waals surface area contributed by atoms with Gasteiger partial charge in [-0.3, -0.25) is 9.59 Å². The van der Waals surface area contributed by atoms with E-state index in [1.807, 2.05) is 25.1 Å². The number of methoxy groups -OCH3 is 1. The number of likely N-dealkylation sites (tertiary alicyclic amines) is 1. The fourth-order valence-electron chi connectivity index (χ4n) is 3.00. The topological polar surface area (TPSA) is 74.3 Å². The molecule has 25 heavy (non-hydrogen) atoms. The van der Waals surface area contributed by atoms with Crippen molar-refractivity contribution in [1.82, 2.24) is 4.90 Å². The largest absolute Gasteiger partial charge is 0.486 e. The second-order valence-electron chi connectivity index (χ2n) is 6.22. The third-order valence-corrected chi connectivity index (χ3v) is 4.44. The second kappa shape index (κ2) is 7.74. The van der Waals surface area contributed by atoms with E-state index in [9.17, 15) is 9.59 Å². The smallest absolute Gasteiger partial charge is 0.311 e. The molecule has 136 valence electrons. The zero-order chi connectivity index (χ0) is 17.8. The highest BCUT2D eigenvalue weighted by atomic mass is 16.6.